The topological polar surface area (TPSA) is 200 Å². The lowest BCUT2D eigenvalue weighted by atomic mass is 9.92. The van der Waals surface area contributed by atoms with Gasteiger partial charge in [-0.15, -0.1) is 8.67 Å². The van der Waals surface area contributed by atoms with Gasteiger partial charge < -0.3 is 20.6 Å². The molecule has 6 N–H and O–H groups in total. The van der Waals surface area contributed by atoms with Crippen molar-refractivity contribution in [2.24, 2.45) is 0 Å². The van der Waals surface area contributed by atoms with Gasteiger partial charge in [0.15, 0.2) is 0 Å². The highest BCUT2D eigenvalue weighted by Gasteiger charge is 2.36. The Balaban J connectivity index is 1.91. The molecule has 1 heterocycles. The lowest BCUT2D eigenvalue weighted by Crippen LogP contribution is -2.30. The Morgan fingerprint density at radius 1 is 1.26 bits per heavy atom. The van der Waals surface area contributed by atoms with Gasteiger partial charge in [-0.2, -0.15) is 0 Å². The molecule has 34 heavy (non-hydrogen) atoms. The van der Waals surface area contributed by atoms with E-state index in [0.717, 1.165) is 12.0 Å². The van der Waals surface area contributed by atoms with Gasteiger partial charge in [0.2, 0.25) is 5.91 Å². The van der Waals surface area contributed by atoms with E-state index in [9.17, 15) is 14.4 Å². The summed E-state index contributed by atoms with van der Waals surface area (Å²) in [7, 11) is 0. The summed E-state index contributed by atoms with van der Waals surface area (Å²) >= 11 is 1.38. The van der Waals surface area contributed by atoms with Crippen molar-refractivity contribution < 1.29 is 48.4 Å². The summed E-state index contributed by atoms with van der Waals surface area (Å²) in [4.78, 5) is 36.1. The average Bonchev–Trinajstić information content (AvgIpc) is 3.24. The summed E-state index contributed by atoms with van der Waals surface area (Å²) in [6.07, 6.45) is 1.01. The Kier molecular flexibility index (Phi) is 9.54. The van der Waals surface area contributed by atoms with Crippen molar-refractivity contribution in [2.75, 3.05) is 12.3 Å². The van der Waals surface area contributed by atoms with E-state index >= 15 is 0 Å². The number of amides is 1. The Morgan fingerprint density at radius 3 is 2.74 bits per heavy atom. The summed E-state index contributed by atoms with van der Waals surface area (Å²) in [5, 5.41) is 35.8. The number of fused-ring (bicyclic) bond motifs is 3. The molecule has 1 aliphatic rings. The van der Waals surface area contributed by atoms with Crippen molar-refractivity contribution in [2.45, 2.75) is 48.2 Å². The zero-order chi connectivity index (χ0) is 24.7. The fraction of sp³-hybridized carbons (Fsp3) is 0.421. The number of nitrogens with two attached hydrogens (primary N) is 1. The van der Waals surface area contributed by atoms with Crippen LogP contribution in [0, 0.1) is 0 Å². The molecule has 186 valence electrons. The highest BCUT2D eigenvalue weighted by Crippen LogP contribution is 2.45. The molecule has 13 nitrogen and oxygen atoms in total. The number of nitrogens with one attached hydrogen (secondary N) is 1. The number of rotatable bonds is 13. The number of hydrogen-bond donors (Lipinski definition) is 5. The summed E-state index contributed by atoms with van der Waals surface area (Å²) in [6, 6.07) is 3.06. The van der Waals surface area contributed by atoms with Crippen LogP contribution in [0.3, 0.4) is 0 Å². The van der Waals surface area contributed by atoms with Crippen LogP contribution in [0.25, 0.3) is 11.0 Å². The van der Waals surface area contributed by atoms with Crippen molar-refractivity contribution in [1.29, 1.82) is 0 Å². The standard InChI is InChI=1S/C19H22N2O11S2/c20-12-7-13-11(6-15(12)34-32-30-27)18-9(3-4-10(18)19(25)28-13)14(33-31-29-26)8-16(22)21-5-1-2-17(23)24/h6-7,9,14,26-27H,1-5,8,20H2,(H,21,22)(H,23,24). The zero-order valence-electron chi connectivity index (χ0n) is 17.6. The molecule has 0 spiro atoms. The second-order valence-corrected chi connectivity index (χ2v) is 9.04. The zero-order valence-corrected chi connectivity index (χ0v) is 19.2. The number of aliphatic carboxylic acids is 1. The van der Waals surface area contributed by atoms with E-state index in [1.54, 1.807) is 6.07 Å². The molecule has 3 rings (SSSR count). The van der Waals surface area contributed by atoms with Crippen LogP contribution in [0.4, 0.5) is 5.69 Å². The minimum Gasteiger partial charge on any atom is -0.481 e. The van der Waals surface area contributed by atoms with Crippen LogP contribution in [0.15, 0.2) is 26.2 Å². The summed E-state index contributed by atoms with van der Waals surface area (Å²) in [5.41, 5.74) is 6.96. The van der Waals surface area contributed by atoms with Gasteiger partial charge in [0.25, 0.3) is 0 Å². The fourth-order valence-corrected chi connectivity index (χ4v) is 5.13. The third-order valence-electron chi connectivity index (χ3n) is 5.32. The van der Waals surface area contributed by atoms with Crippen LogP contribution in [0.2, 0.25) is 0 Å². The largest absolute Gasteiger partial charge is 0.481 e. The lowest BCUT2D eigenvalue weighted by molar-refractivity contribution is -0.432. The third-order valence-corrected chi connectivity index (χ3v) is 6.87. The van der Waals surface area contributed by atoms with Crippen molar-refractivity contribution in [3.63, 3.8) is 0 Å². The molecule has 2 atom stereocenters. The first-order valence-electron chi connectivity index (χ1n) is 10.0. The van der Waals surface area contributed by atoms with Gasteiger partial charge in [-0.1, -0.05) is 10.1 Å². The number of anilines is 1. The van der Waals surface area contributed by atoms with E-state index in [2.05, 4.69) is 24.1 Å². The number of carboxylic acids is 1. The first-order valence-corrected chi connectivity index (χ1v) is 11.6. The summed E-state index contributed by atoms with van der Waals surface area (Å²) < 4.78 is 14.5. The number of carboxylic acid groups (broad SMARTS) is 1. The van der Waals surface area contributed by atoms with Gasteiger partial charge in [-0.05, 0) is 30.9 Å². The Hall–Kier alpha value is -2.37. The predicted octanol–water partition coefficient (Wildman–Crippen LogP) is 2.64. The lowest BCUT2D eigenvalue weighted by Gasteiger charge is -2.23. The van der Waals surface area contributed by atoms with E-state index in [-0.39, 0.29) is 48.9 Å². The Bertz CT molecular complexity index is 1090. The molecule has 0 fully saturated rings. The first kappa shape index (κ1) is 26.2. The van der Waals surface area contributed by atoms with Crippen LogP contribution < -0.4 is 16.7 Å². The van der Waals surface area contributed by atoms with Crippen molar-refractivity contribution >= 4 is 52.6 Å². The number of benzene rings is 1. The molecule has 2 aromatic rings. The highest BCUT2D eigenvalue weighted by molar-refractivity contribution is 7.95. The summed E-state index contributed by atoms with van der Waals surface area (Å²) in [6.45, 7) is 0.181. The van der Waals surface area contributed by atoms with Crippen molar-refractivity contribution in [1.82, 2.24) is 5.32 Å². The van der Waals surface area contributed by atoms with Crippen molar-refractivity contribution in [3.8, 4) is 0 Å². The maximum atomic E-state index is 12.6. The molecule has 0 aliphatic heterocycles. The van der Waals surface area contributed by atoms with E-state index in [1.165, 1.54) is 6.07 Å². The third kappa shape index (κ3) is 6.39. The molecular formula is C19H22N2O11S2. The van der Waals surface area contributed by atoms with Gasteiger partial charge in [0.1, 0.15) is 5.58 Å². The molecule has 0 bridgehead atoms. The average molecular weight is 519 g/mol. The smallest absolute Gasteiger partial charge is 0.339 e. The maximum Gasteiger partial charge on any atom is 0.339 e. The maximum absolute atomic E-state index is 12.6. The number of nitrogen functional groups attached to an aromatic ring is 1. The molecule has 1 amide bonds. The first-order chi connectivity index (χ1) is 16.3. The van der Waals surface area contributed by atoms with Crippen LogP contribution >= 0.6 is 24.1 Å². The van der Waals surface area contributed by atoms with E-state index < -0.39 is 16.8 Å². The number of carbonyl (C=O) groups excluding carboxylic acids is 1. The highest BCUT2D eigenvalue weighted by atomic mass is 32.2. The molecule has 15 heteroatoms. The summed E-state index contributed by atoms with van der Waals surface area (Å²) in [5.74, 6) is -1.69. The minimum absolute atomic E-state index is 0.0645. The molecule has 2 unspecified atom stereocenters. The van der Waals surface area contributed by atoms with Crippen LogP contribution in [-0.4, -0.2) is 39.3 Å². The molecule has 1 aliphatic carbocycles. The van der Waals surface area contributed by atoms with E-state index in [4.69, 9.17) is 25.8 Å². The second-order valence-electron chi connectivity index (χ2n) is 7.37. The van der Waals surface area contributed by atoms with E-state index in [0.29, 0.717) is 46.3 Å². The predicted molar refractivity (Wildman–Crippen MR) is 119 cm³/mol. The fourth-order valence-electron chi connectivity index (χ4n) is 3.94. The quantitative estimate of drug-likeness (QED) is 0.0647. The normalized spacial score (nSPS) is 15.9. The van der Waals surface area contributed by atoms with Gasteiger partial charge in [-0.25, -0.2) is 15.3 Å². The number of carbonyl (C=O) groups is 2. The molecular weight excluding hydrogens is 496 g/mol. The van der Waals surface area contributed by atoms with Gasteiger partial charge in [0, 0.05) is 54.4 Å². The van der Waals surface area contributed by atoms with Gasteiger partial charge >= 0.3 is 11.6 Å². The molecule has 0 saturated carbocycles. The molecule has 1 aromatic carbocycles. The number of hydrogen-bond acceptors (Lipinski definition) is 13. The Morgan fingerprint density at radius 2 is 2.03 bits per heavy atom. The molecule has 0 radical (unpaired) electrons. The second kappa shape index (κ2) is 12.4. The van der Waals surface area contributed by atoms with Crippen LogP contribution in [-0.2, 0) is 34.8 Å². The van der Waals surface area contributed by atoms with Crippen molar-refractivity contribution in [3.05, 3.63) is 33.7 Å². The van der Waals surface area contributed by atoms with Gasteiger partial charge in [0.05, 0.1) is 27.9 Å². The monoisotopic (exact) mass is 518 g/mol. The minimum atomic E-state index is -0.960. The van der Waals surface area contributed by atoms with Crippen LogP contribution in [0.1, 0.15) is 42.7 Å². The van der Waals surface area contributed by atoms with E-state index in [1.807, 2.05) is 0 Å². The SMILES string of the molecule is Nc1cc2oc(=O)c3c(c2cc1SOOO)C(C(CC(=O)NCCCC(=O)O)SOOO)CC3. The molecule has 0 saturated heterocycles. The van der Waals surface area contributed by atoms with Crippen LogP contribution in [0.5, 0.6) is 0 Å². The molecule has 1 aromatic heterocycles. The Labute approximate surface area is 200 Å². The van der Waals surface area contributed by atoms with Gasteiger partial charge in [-0.3, -0.25) is 9.59 Å².